The van der Waals surface area contributed by atoms with E-state index in [1.54, 1.807) is 7.11 Å². The lowest BCUT2D eigenvalue weighted by Gasteiger charge is -2.24. The van der Waals surface area contributed by atoms with Crippen molar-refractivity contribution in [3.05, 3.63) is 29.8 Å². The molecule has 0 spiro atoms. The Morgan fingerprint density at radius 2 is 2.06 bits per heavy atom. The molecule has 1 N–H and O–H groups in total. The first-order chi connectivity index (χ1) is 8.22. The van der Waals surface area contributed by atoms with Gasteiger partial charge in [0, 0.05) is 6.04 Å². The molecule has 0 aromatic heterocycles. The van der Waals surface area contributed by atoms with E-state index in [9.17, 15) is 0 Å². The van der Waals surface area contributed by atoms with Crippen LogP contribution in [0.3, 0.4) is 0 Å². The van der Waals surface area contributed by atoms with Gasteiger partial charge in [0.25, 0.3) is 0 Å². The molecule has 0 bridgehead atoms. The average Bonchev–Trinajstić information content (AvgIpc) is 2.39. The number of benzene rings is 1. The van der Waals surface area contributed by atoms with Gasteiger partial charge < -0.3 is 10.1 Å². The van der Waals surface area contributed by atoms with Crippen molar-refractivity contribution in [2.45, 2.75) is 45.6 Å². The number of hydrogen-bond acceptors (Lipinski definition) is 2. The minimum Gasteiger partial charge on any atom is -0.497 e. The summed E-state index contributed by atoms with van der Waals surface area (Å²) in [4.78, 5) is 0. The van der Waals surface area contributed by atoms with E-state index >= 15 is 0 Å². The molecule has 0 aliphatic heterocycles. The minimum absolute atomic E-state index is 0.515. The molecule has 2 atom stereocenters. The van der Waals surface area contributed by atoms with E-state index in [-0.39, 0.29) is 0 Å². The van der Waals surface area contributed by atoms with Gasteiger partial charge >= 0.3 is 0 Å². The van der Waals surface area contributed by atoms with Crippen molar-refractivity contribution < 1.29 is 4.74 Å². The Morgan fingerprint density at radius 1 is 1.29 bits per heavy atom. The quantitative estimate of drug-likeness (QED) is 0.780. The summed E-state index contributed by atoms with van der Waals surface area (Å²) in [5, 5.41) is 3.61. The standard InChI is InChI=1S/C15H25NO/c1-5-10-16-15(6-2)12(3)13-8-7-9-14(11-13)17-4/h7-9,11-12,15-16H,5-6,10H2,1-4H3. The first kappa shape index (κ1) is 14.0. The Labute approximate surface area is 105 Å². The highest BCUT2D eigenvalue weighted by molar-refractivity contribution is 5.31. The van der Waals surface area contributed by atoms with Crippen LogP contribution in [0.4, 0.5) is 0 Å². The highest BCUT2D eigenvalue weighted by atomic mass is 16.5. The Morgan fingerprint density at radius 3 is 2.65 bits per heavy atom. The van der Waals surface area contributed by atoms with Crippen molar-refractivity contribution in [2.75, 3.05) is 13.7 Å². The van der Waals surface area contributed by atoms with Crippen molar-refractivity contribution in [3.63, 3.8) is 0 Å². The van der Waals surface area contributed by atoms with E-state index in [1.165, 1.54) is 12.0 Å². The molecule has 0 radical (unpaired) electrons. The maximum atomic E-state index is 5.28. The molecule has 1 aromatic rings. The molecular formula is C15H25NO. The molecule has 0 fully saturated rings. The predicted molar refractivity (Wildman–Crippen MR) is 73.8 cm³/mol. The van der Waals surface area contributed by atoms with E-state index in [4.69, 9.17) is 4.74 Å². The van der Waals surface area contributed by atoms with E-state index in [2.05, 4.69) is 44.3 Å². The second kappa shape index (κ2) is 7.33. The predicted octanol–water partition coefficient (Wildman–Crippen LogP) is 3.58. The van der Waals surface area contributed by atoms with Crippen LogP contribution in [0.1, 0.15) is 45.1 Å². The van der Waals surface area contributed by atoms with Gasteiger partial charge in [-0.15, -0.1) is 0 Å². The van der Waals surface area contributed by atoms with Crippen LogP contribution in [-0.2, 0) is 0 Å². The summed E-state index contributed by atoms with van der Waals surface area (Å²) in [6.45, 7) is 7.82. The summed E-state index contributed by atoms with van der Waals surface area (Å²) in [7, 11) is 1.72. The maximum absolute atomic E-state index is 5.28. The van der Waals surface area contributed by atoms with E-state index in [1.807, 2.05) is 6.07 Å². The number of nitrogens with one attached hydrogen (secondary N) is 1. The van der Waals surface area contributed by atoms with Crippen molar-refractivity contribution in [2.24, 2.45) is 0 Å². The lowest BCUT2D eigenvalue weighted by atomic mass is 9.91. The minimum atomic E-state index is 0.515. The van der Waals surface area contributed by atoms with Crippen molar-refractivity contribution in [3.8, 4) is 5.75 Å². The monoisotopic (exact) mass is 235 g/mol. The number of methoxy groups -OCH3 is 1. The maximum Gasteiger partial charge on any atom is 0.119 e. The van der Waals surface area contributed by atoms with E-state index in [0.717, 1.165) is 18.7 Å². The lowest BCUT2D eigenvalue weighted by molar-refractivity contribution is 0.410. The molecular weight excluding hydrogens is 210 g/mol. The molecule has 0 saturated heterocycles. The van der Waals surface area contributed by atoms with Crippen molar-refractivity contribution >= 4 is 0 Å². The molecule has 1 aromatic carbocycles. The summed E-state index contributed by atoms with van der Waals surface area (Å²) in [6, 6.07) is 8.93. The molecule has 0 heterocycles. The van der Waals surface area contributed by atoms with Crippen LogP contribution < -0.4 is 10.1 Å². The normalized spacial score (nSPS) is 14.4. The topological polar surface area (TPSA) is 21.3 Å². The number of rotatable bonds is 7. The smallest absolute Gasteiger partial charge is 0.119 e. The van der Waals surface area contributed by atoms with E-state index < -0.39 is 0 Å². The van der Waals surface area contributed by atoms with Crippen LogP contribution in [-0.4, -0.2) is 19.7 Å². The first-order valence-corrected chi connectivity index (χ1v) is 6.60. The largest absolute Gasteiger partial charge is 0.497 e. The van der Waals surface area contributed by atoms with Crippen LogP contribution in [0.5, 0.6) is 5.75 Å². The van der Waals surface area contributed by atoms with Gasteiger partial charge in [-0.05, 0) is 43.0 Å². The fourth-order valence-corrected chi connectivity index (χ4v) is 2.16. The third kappa shape index (κ3) is 4.04. The third-order valence-corrected chi connectivity index (χ3v) is 3.32. The van der Waals surface area contributed by atoms with Crippen molar-refractivity contribution in [1.82, 2.24) is 5.32 Å². The molecule has 2 nitrogen and oxygen atoms in total. The summed E-state index contributed by atoms with van der Waals surface area (Å²) >= 11 is 0. The van der Waals surface area contributed by atoms with Crippen LogP contribution in [0.25, 0.3) is 0 Å². The van der Waals surface area contributed by atoms with Crippen molar-refractivity contribution in [1.29, 1.82) is 0 Å². The zero-order valence-corrected chi connectivity index (χ0v) is 11.5. The third-order valence-electron chi connectivity index (χ3n) is 3.32. The summed E-state index contributed by atoms with van der Waals surface area (Å²) in [5.41, 5.74) is 1.35. The van der Waals surface area contributed by atoms with E-state index in [0.29, 0.717) is 12.0 Å². The molecule has 0 aliphatic rings. The second-order valence-corrected chi connectivity index (χ2v) is 4.53. The zero-order chi connectivity index (χ0) is 12.7. The fraction of sp³-hybridized carbons (Fsp3) is 0.600. The zero-order valence-electron chi connectivity index (χ0n) is 11.5. The van der Waals surface area contributed by atoms with Crippen LogP contribution in [0.15, 0.2) is 24.3 Å². The van der Waals surface area contributed by atoms with Gasteiger partial charge in [0.05, 0.1) is 7.11 Å². The van der Waals surface area contributed by atoms with Crippen LogP contribution in [0, 0.1) is 0 Å². The number of ether oxygens (including phenoxy) is 1. The summed E-state index contributed by atoms with van der Waals surface area (Å²) in [6.07, 6.45) is 2.33. The first-order valence-electron chi connectivity index (χ1n) is 6.60. The van der Waals surface area contributed by atoms with Gasteiger partial charge in [0.1, 0.15) is 5.75 Å². The highest BCUT2D eigenvalue weighted by Crippen LogP contribution is 2.24. The van der Waals surface area contributed by atoms with Gasteiger partial charge in [-0.2, -0.15) is 0 Å². The van der Waals surface area contributed by atoms with Crippen LogP contribution >= 0.6 is 0 Å². The Balaban J connectivity index is 2.74. The highest BCUT2D eigenvalue weighted by Gasteiger charge is 2.16. The molecule has 2 unspecified atom stereocenters. The summed E-state index contributed by atoms with van der Waals surface area (Å²) < 4.78 is 5.28. The fourth-order valence-electron chi connectivity index (χ4n) is 2.16. The summed E-state index contributed by atoms with van der Waals surface area (Å²) in [5.74, 6) is 1.46. The second-order valence-electron chi connectivity index (χ2n) is 4.53. The number of hydrogen-bond donors (Lipinski definition) is 1. The molecule has 0 aliphatic carbocycles. The Kier molecular flexibility index (Phi) is 6.06. The average molecular weight is 235 g/mol. The van der Waals surface area contributed by atoms with Gasteiger partial charge in [0.15, 0.2) is 0 Å². The van der Waals surface area contributed by atoms with Gasteiger partial charge in [0.2, 0.25) is 0 Å². The van der Waals surface area contributed by atoms with Gasteiger partial charge in [-0.25, -0.2) is 0 Å². The molecule has 17 heavy (non-hydrogen) atoms. The molecule has 2 heteroatoms. The van der Waals surface area contributed by atoms with Gasteiger partial charge in [-0.3, -0.25) is 0 Å². The lowest BCUT2D eigenvalue weighted by Crippen LogP contribution is -2.33. The van der Waals surface area contributed by atoms with Gasteiger partial charge in [-0.1, -0.05) is 32.9 Å². The molecule has 96 valence electrons. The molecule has 1 rings (SSSR count). The molecule has 0 saturated carbocycles. The Bertz CT molecular complexity index is 324. The SMILES string of the molecule is CCCNC(CC)C(C)c1cccc(OC)c1. The Hall–Kier alpha value is -1.02. The molecule has 0 amide bonds. The van der Waals surface area contributed by atoms with Crippen LogP contribution in [0.2, 0.25) is 0 Å².